The topological polar surface area (TPSA) is 41.5 Å². The quantitative estimate of drug-likeness (QED) is 0.350. The van der Waals surface area contributed by atoms with Crippen molar-refractivity contribution in [3.63, 3.8) is 0 Å². The number of aliphatic hydroxyl groups excluding tert-OH is 1. The lowest BCUT2D eigenvalue weighted by Gasteiger charge is -2.40. The molecular formula is C24H25NO2S. The lowest BCUT2D eigenvalue weighted by atomic mass is 9.80. The van der Waals surface area contributed by atoms with Crippen LogP contribution in [0.1, 0.15) is 30.5 Å². The first-order valence-corrected chi connectivity index (χ1v) is 9.74. The number of ether oxygens (including phenoxy) is 1. The van der Waals surface area contributed by atoms with Gasteiger partial charge in [0.1, 0.15) is 5.60 Å². The molecule has 0 aromatic heterocycles. The Morgan fingerprint density at radius 1 is 0.821 bits per heavy atom. The van der Waals surface area contributed by atoms with Gasteiger partial charge >= 0.3 is 0 Å². The van der Waals surface area contributed by atoms with Crippen molar-refractivity contribution >= 4 is 17.2 Å². The van der Waals surface area contributed by atoms with Gasteiger partial charge in [0, 0.05) is 0 Å². The Morgan fingerprint density at radius 2 is 1.18 bits per heavy atom. The number of hydrogen-bond acceptors (Lipinski definition) is 3. The Bertz CT molecular complexity index is 786. The van der Waals surface area contributed by atoms with E-state index in [1.165, 1.54) is 0 Å². The molecule has 0 amide bonds. The van der Waals surface area contributed by atoms with Crippen LogP contribution in [0.3, 0.4) is 0 Å². The van der Waals surface area contributed by atoms with Crippen LogP contribution in [0.15, 0.2) is 91.0 Å². The molecule has 2 N–H and O–H groups in total. The highest BCUT2D eigenvalue weighted by Crippen LogP contribution is 2.41. The van der Waals surface area contributed by atoms with E-state index in [9.17, 15) is 5.11 Å². The van der Waals surface area contributed by atoms with Crippen molar-refractivity contribution in [2.75, 3.05) is 0 Å². The zero-order valence-electron chi connectivity index (χ0n) is 16.1. The number of rotatable bonds is 7. The molecule has 3 aromatic carbocycles. The minimum atomic E-state index is -0.913. The normalized spacial score (nSPS) is 13.5. The van der Waals surface area contributed by atoms with Gasteiger partial charge in [-0.05, 0) is 30.5 Å². The second-order valence-corrected chi connectivity index (χ2v) is 7.37. The molecule has 0 saturated heterocycles. The number of thiocarbonyl (C=S) groups is 1. The number of hydrogen-bond donors (Lipinski definition) is 2. The average molecular weight is 392 g/mol. The van der Waals surface area contributed by atoms with Crippen molar-refractivity contribution in [3.8, 4) is 0 Å². The van der Waals surface area contributed by atoms with Crippen molar-refractivity contribution in [1.82, 2.24) is 5.32 Å². The van der Waals surface area contributed by atoms with Gasteiger partial charge in [-0.15, -0.1) is 0 Å². The summed E-state index contributed by atoms with van der Waals surface area (Å²) in [7, 11) is 0. The lowest BCUT2D eigenvalue weighted by Crippen LogP contribution is -2.49. The Balaban J connectivity index is 2.26. The highest BCUT2D eigenvalue weighted by molar-refractivity contribution is 7.80. The van der Waals surface area contributed by atoms with E-state index in [0.717, 1.165) is 16.7 Å². The Morgan fingerprint density at radius 3 is 1.46 bits per heavy atom. The van der Waals surface area contributed by atoms with Crippen LogP contribution in [0.25, 0.3) is 0 Å². The highest BCUT2D eigenvalue weighted by Gasteiger charge is 2.40. The maximum absolute atomic E-state index is 10.4. The second kappa shape index (κ2) is 9.11. The maximum atomic E-state index is 10.4. The van der Waals surface area contributed by atoms with Crippen molar-refractivity contribution in [3.05, 3.63) is 108 Å². The van der Waals surface area contributed by atoms with Gasteiger partial charge in [0.2, 0.25) is 0 Å². The Labute approximate surface area is 172 Å². The lowest BCUT2D eigenvalue weighted by molar-refractivity contribution is -0.104. The summed E-state index contributed by atoms with van der Waals surface area (Å²) < 4.78 is 6.72. The highest BCUT2D eigenvalue weighted by atomic mass is 32.1. The smallest absolute Gasteiger partial charge is 0.156 e. The van der Waals surface area contributed by atoms with Crippen LogP contribution in [-0.4, -0.2) is 22.4 Å². The molecule has 2 atom stereocenters. The number of benzene rings is 3. The fourth-order valence-corrected chi connectivity index (χ4v) is 3.48. The van der Waals surface area contributed by atoms with E-state index < -0.39 is 17.9 Å². The van der Waals surface area contributed by atoms with Gasteiger partial charge in [-0.2, -0.15) is 0 Å². The predicted molar refractivity (Wildman–Crippen MR) is 117 cm³/mol. The molecule has 0 spiro atoms. The summed E-state index contributed by atoms with van der Waals surface area (Å²) >= 11 is 5.23. The molecule has 0 bridgehead atoms. The minimum Gasteiger partial charge on any atom is -0.389 e. The minimum absolute atomic E-state index is 0.564. The third-order valence-electron chi connectivity index (χ3n) is 4.63. The van der Waals surface area contributed by atoms with Crippen LogP contribution >= 0.6 is 12.2 Å². The van der Waals surface area contributed by atoms with E-state index in [2.05, 4.69) is 5.32 Å². The van der Waals surface area contributed by atoms with Crippen molar-refractivity contribution in [1.29, 1.82) is 0 Å². The molecular weight excluding hydrogens is 366 g/mol. The van der Waals surface area contributed by atoms with Gasteiger partial charge in [-0.25, -0.2) is 0 Å². The van der Waals surface area contributed by atoms with Crippen LogP contribution in [0.4, 0.5) is 0 Å². The third kappa shape index (κ3) is 4.30. The number of nitrogens with one attached hydrogen (secondary N) is 1. The Kier molecular flexibility index (Phi) is 6.57. The molecule has 28 heavy (non-hydrogen) atoms. The van der Waals surface area contributed by atoms with Gasteiger partial charge in [0.05, 0.1) is 11.1 Å². The molecule has 3 nitrogen and oxygen atoms in total. The fraction of sp³-hybridized carbons (Fsp3) is 0.208. The van der Waals surface area contributed by atoms with Gasteiger partial charge in [-0.3, -0.25) is 0 Å². The molecule has 0 heterocycles. The summed E-state index contributed by atoms with van der Waals surface area (Å²) in [5.41, 5.74) is 2.01. The molecule has 0 saturated carbocycles. The Hall–Kier alpha value is -2.53. The molecule has 0 aliphatic heterocycles. The summed E-state index contributed by atoms with van der Waals surface area (Å²) in [4.78, 5) is 0.564. The molecule has 2 unspecified atom stereocenters. The van der Waals surface area contributed by atoms with Crippen LogP contribution < -0.4 is 5.32 Å². The standard InChI is InChI=1S/C24H25NO2S/c1-18(26)23(25-19(2)28)27-24(20-12-6-3-7-13-20,21-14-8-4-9-15-21)22-16-10-5-11-17-22/h3-18,23,26H,1-2H3,(H,25,28). The summed E-state index contributed by atoms with van der Waals surface area (Å²) in [6.45, 7) is 3.48. The van der Waals surface area contributed by atoms with E-state index in [-0.39, 0.29) is 0 Å². The van der Waals surface area contributed by atoms with Crippen molar-refractivity contribution in [2.24, 2.45) is 0 Å². The van der Waals surface area contributed by atoms with Crippen molar-refractivity contribution in [2.45, 2.75) is 31.8 Å². The van der Waals surface area contributed by atoms with E-state index in [1.807, 2.05) is 91.0 Å². The van der Waals surface area contributed by atoms with Gasteiger partial charge < -0.3 is 15.2 Å². The van der Waals surface area contributed by atoms with Crippen LogP contribution in [-0.2, 0) is 10.3 Å². The van der Waals surface area contributed by atoms with Crippen molar-refractivity contribution < 1.29 is 9.84 Å². The third-order valence-corrected chi connectivity index (χ3v) is 4.75. The largest absolute Gasteiger partial charge is 0.389 e. The first-order chi connectivity index (χ1) is 13.5. The first-order valence-electron chi connectivity index (χ1n) is 9.33. The van der Waals surface area contributed by atoms with Crippen LogP contribution in [0.2, 0.25) is 0 Å². The van der Waals surface area contributed by atoms with Gasteiger partial charge in [0.25, 0.3) is 0 Å². The van der Waals surface area contributed by atoms with E-state index in [1.54, 1.807) is 13.8 Å². The SMILES string of the molecule is CC(=S)NC(OC(c1ccccc1)(c1ccccc1)c1ccccc1)C(C)O. The summed E-state index contributed by atoms with van der Waals surface area (Å²) in [6, 6.07) is 30.2. The summed E-state index contributed by atoms with van der Waals surface area (Å²) in [5.74, 6) is 0. The molecule has 3 aromatic rings. The van der Waals surface area contributed by atoms with E-state index in [0.29, 0.717) is 4.99 Å². The van der Waals surface area contributed by atoms with Gasteiger partial charge in [0.15, 0.2) is 6.23 Å². The van der Waals surface area contributed by atoms with Crippen LogP contribution in [0.5, 0.6) is 0 Å². The average Bonchev–Trinajstić information content (AvgIpc) is 2.72. The molecule has 4 heteroatoms. The van der Waals surface area contributed by atoms with Crippen LogP contribution in [0, 0.1) is 0 Å². The second-order valence-electron chi connectivity index (χ2n) is 6.76. The first kappa shape index (κ1) is 20.2. The number of aliphatic hydroxyl groups is 1. The molecule has 0 aliphatic rings. The fourth-order valence-electron chi connectivity index (χ4n) is 3.36. The zero-order valence-corrected chi connectivity index (χ0v) is 16.9. The monoisotopic (exact) mass is 391 g/mol. The molecule has 144 valence electrons. The van der Waals surface area contributed by atoms with E-state index >= 15 is 0 Å². The molecule has 3 rings (SSSR count). The summed E-state index contributed by atoms with van der Waals surface area (Å²) in [5, 5.41) is 13.5. The predicted octanol–water partition coefficient (Wildman–Crippen LogP) is 4.64. The molecule has 0 fully saturated rings. The van der Waals surface area contributed by atoms with Gasteiger partial charge in [-0.1, -0.05) is 103 Å². The zero-order chi connectivity index (χ0) is 20.0. The molecule has 0 radical (unpaired) electrons. The molecule has 0 aliphatic carbocycles. The summed E-state index contributed by atoms with van der Waals surface area (Å²) in [6.07, 6.45) is -1.45. The van der Waals surface area contributed by atoms with E-state index in [4.69, 9.17) is 17.0 Å². The maximum Gasteiger partial charge on any atom is 0.156 e.